The molecule has 0 saturated carbocycles. The molecule has 1 aromatic heterocycles. The summed E-state index contributed by atoms with van der Waals surface area (Å²) in [5.41, 5.74) is 0.979. The molecule has 102 valence electrons. The second-order valence-electron chi connectivity index (χ2n) is 4.31. The molecule has 18 heavy (non-hydrogen) atoms. The molecule has 1 heterocycles. The molecule has 0 radical (unpaired) electrons. The van der Waals surface area contributed by atoms with Crippen molar-refractivity contribution in [2.75, 3.05) is 19.3 Å². The maximum Gasteiger partial charge on any atom is 0.214 e. The van der Waals surface area contributed by atoms with Crippen molar-refractivity contribution < 1.29 is 8.42 Å². The lowest BCUT2D eigenvalue weighted by molar-refractivity contribution is 0.460. The van der Waals surface area contributed by atoms with Crippen LogP contribution in [0.15, 0.2) is 24.5 Å². The molecule has 0 aliphatic rings. The molecule has 1 atom stereocenters. The van der Waals surface area contributed by atoms with Crippen molar-refractivity contribution in [1.29, 1.82) is 0 Å². The SMILES string of the molecule is CC(Cl)CCN(C)S(=O)(=O)CCc1ccncc1. The van der Waals surface area contributed by atoms with Crippen LogP contribution in [0.4, 0.5) is 0 Å². The summed E-state index contributed by atoms with van der Waals surface area (Å²) in [7, 11) is -1.60. The summed E-state index contributed by atoms with van der Waals surface area (Å²) in [4.78, 5) is 3.90. The number of hydrogen-bond donors (Lipinski definition) is 0. The van der Waals surface area contributed by atoms with Crippen molar-refractivity contribution in [2.24, 2.45) is 0 Å². The van der Waals surface area contributed by atoms with Gasteiger partial charge in [-0.1, -0.05) is 0 Å². The molecule has 0 aliphatic carbocycles. The second kappa shape index (κ2) is 7.07. The molecule has 0 spiro atoms. The van der Waals surface area contributed by atoms with Crippen molar-refractivity contribution in [3.63, 3.8) is 0 Å². The van der Waals surface area contributed by atoms with Crippen LogP contribution in [0.5, 0.6) is 0 Å². The number of nitrogens with zero attached hydrogens (tertiary/aromatic N) is 2. The van der Waals surface area contributed by atoms with E-state index in [4.69, 9.17) is 11.6 Å². The van der Waals surface area contributed by atoms with E-state index in [0.29, 0.717) is 19.4 Å². The van der Waals surface area contributed by atoms with Crippen LogP contribution in [-0.4, -0.2) is 42.4 Å². The standard InChI is InChI=1S/C12H19ClN2O2S/c1-11(13)5-9-15(2)18(16,17)10-6-12-3-7-14-8-4-12/h3-4,7-8,11H,5-6,9-10H2,1-2H3. The van der Waals surface area contributed by atoms with E-state index < -0.39 is 10.0 Å². The minimum Gasteiger partial charge on any atom is -0.265 e. The van der Waals surface area contributed by atoms with E-state index in [1.54, 1.807) is 19.4 Å². The number of rotatable bonds is 7. The molecule has 1 rings (SSSR count). The zero-order valence-corrected chi connectivity index (χ0v) is 12.3. The summed E-state index contributed by atoms with van der Waals surface area (Å²) >= 11 is 5.82. The van der Waals surface area contributed by atoms with Gasteiger partial charge >= 0.3 is 0 Å². The number of pyridine rings is 1. The van der Waals surface area contributed by atoms with Crippen molar-refractivity contribution in [3.8, 4) is 0 Å². The average molecular weight is 291 g/mol. The Morgan fingerprint density at radius 2 is 2.00 bits per heavy atom. The molecule has 0 N–H and O–H groups in total. The summed E-state index contributed by atoms with van der Waals surface area (Å²) in [5, 5.41) is -0.0113. The van der Waals surface area contributed by atoms with Crippen LogP contribution in [0.1, 0.15) is 18.9 Å². The predicted octanol–water partition coefficient (Wildman–Crippen LogP) is 1.90. The number of halogens is 1. The van der Waals surface area contributed by atoms with Gasteiger partial charge in [0.25, 0.3) is 0 Å². The lowest BCUT2D eigenvalue weighted by Gasteiger charge is -2.17. The van der Waals surface area contributed by atoms with Gasteiger partial charge < -0.3 is 0 Å². The van der Waals surface area contributed by atoms with Gasteiger partial charge in [-0.3, -0.25) is 4.98 Å². The molecule has 0 bridgehead atoms. The van der Waals surface area contributed by atoms with Gasteiger partial charge in [-0.05, 0) is 37.5 Å². The molecule has 4 nitrogen and oxygen atoms in total. The third kappa shape index (κ3) is 5.33. The van der Waals surface area contributed by atoms with Crippen molar-refractivity contribution in [2.45, 2.75) is 25.1 Å². The van der Waals surface area contributed by atoms with Crippen LogP contribution in [0.3, 0.4) is 0 Å². The van der Waals surface area contributed by atoms with Gasteiger partial charge in [0.05, 0.1) is 5.75 Å². The first kappa shape index (κ1) is 15.4. The highest BCUT2D eigenvalue weighted by Gasteiger charge is 2.17. The third-order valence-corrected chi connectivity index (χ3v) is 4.79. The molecule has 6 heteroatoms. The number of alkyl halides is 1. The van der Waals surface area contributed by atoms with Gasteiger partial charge in [-0.15, -0.1) is 11.6 Å². The minimum atomic E-state index is -3.20. The Balaban J connectivity index is 2.49. The molecule has 0 saturated heterocycles. The topological polar surface area (TPSA) is 50.3 Å². The predicted molar refractivity (Wildman–Crippen MR) is 74.3 cm³/mol. The lowest BCUT2D eigenvalue weighted by Crippen LogP contribution is -2.31. The second-order valence-corrected chi connectivity index (χ2v) is 7.25. The number of aromatic nitrogens is 1. The minimum absolute atomic E-state index is 0.0113. The summed E-state index contributed by atoms with van der Waals surface area (Å²) in [5.74, 6) is 0.115. The Bertz CT molecular complexity index is 448. The maximum absolute atomic E-state index is 12.0. The first-order valence-electron chi connectivity index (χ1n) is 5.89. The monoisotopic (exact) mass is 290 g/mol. The summed E-state index contributed by atoms with van der Waals surface area (Å²) < 4.78 is 25.3. The van der Waals surface area contributed by atoms with Gasteiger partial charge in [-0.2, -0.15) is 0 Å². The number of aryl methyl sites for hydroxylation is 1. The fourth-order valence-corrected chi connectivity index (χ4v) is 2.74. The van der Waals surface area contributed by atoms with Crippen LogP contribution >= 0.6 is 11.6 Å². The van der Waals surface area contributed by atoms with Crippen LogP contribution in [0.25, 0.3) is 0 Å². The highest BCUT2D eigenvalue weighted by atomic mass is 35.5. The van der Waals surface area contributed by atoms with Gasteiger partial charge in [0.2, 0.25) is 10.0 Å². The van der Waals surface area contributed by atoms with Crippen molar-refractivity contribution in [3.05, 3.63) is 30.1 Å². The van der Waals surface area contributed by atoms with E-state index in [2.05, 4.69) is 4.98 Å². The molecular weight excluding hydrogens is 272 g/mol. The van der Waals surface area contributed by atoms with E-state index in [0.717, 1.165) is 5.56 Å². The molecule has 0 aliphatic heterocycles. The molecule has 0 aromatic carbocycles. The Kier molecular flexibility index (Phi) is 6.05. The van der Waals surface area contributed by atoms with Gasteiger partial charge in [0.1, 0.15) is 0 Å². The molecule has 1 unspecified atom stereocenters. The number of sulfonamides is 1. The summed E-state index contributed by atoms with van der Waals surface area (Å²) in [6, 6.07) is 3.66. The van der Waals surface area contributed by atoms with Crippen molar-refractivity contribution in [1.82, 2.24) is 9.29 Å². The Hall–Kier alpha value is -0.650. The highest BCUT2D eigenvalue weighted by Crippen LogP contribution is 2.07. The van der Waals surface area contributed by atoms with Crippen molar-refractivity contribution >= 4 is 21.6 Å². The molecule has 0 amide bonds. The zero-order chi connectivity index (χ0) is 13.6. The molecule has 1 aromatic rings. The van der Waals surface area contributed by atoms with Crippen LogP contribution in [0.2, 0.25) is 0 Å². The van der Waals surface area contributed by atoms with Gasteiger partial charge in [0, 0.05) is 31.4 Å². The smallest absolute Gasteiger partial charge is 0.214 e. The Morgan fingerprint density at radius 1 is 1.39 bits per heavy atom. The summed E-state index contributed by atoms with van der Waals surface area (Å²) in [6.45, 7) is 2.32. The first-order valence-corrected chi connectivity index (χ1v) is 7.93. The first-order chi connectivity index (χ1) is 8.42. The van der Waals surface area contributed by atoms with E-state index in [1.165, 1.54) is 4.31 Å². The average Bonchev–Trinajstić information content (AvgIpc) is 2.34. The van der Waals surface area contributed by atoms with E-state index in [1.807, 2.05) is 19.1 Å². The van der Waals surface area contributed by atoms with Gasteiger partial charge in [-0.25, -0.2) is 12.7 Å². The van der Waals surface area contributed by atoms with E-state index in [-0.39, 0.29) is 11.1 Å². The largest absolute Gasteiger partial charge is 0.265 e. The normalized spacial score (nSPS) is 13.8. The fourth-order valence-electron chi connectivity index (χ4n) is 1.45. The van der Waals surface area contributed by atoms with E-state index in [9.17, 15) is 8.42 Å². The maximum atomic E-state index is 12.0. The highest BCUT2D eigenvalue weighted by molar-refractivity contribution is 7.89. The quantitative estimate of drug-likeness (QED) is 0.721. The lowest BCUT2D eigenvalue weighted by atomic mass is 10.2. The van der Waals surface area contributed by atoms with Crippen LogP contribution in [0, 0.1) is 0 Å². The molecule has 0 fully saturated rings. The summed E-state index contributed by atoms with van der Waals surface area (Å²) in [6.07, 6.45) is 4.50. The third-order valence-electron chi connectivity index (χ3n) is 2.71. The van der Waals surface area contributed by atoms with Crippen LogP contribution in [-0.2, 0) is 16.4 Å². The Morgan fingerprint density at radius 3 is 2.56 bits per heavy atom. The van der Waals surface area contributed by atoms with Crippen LogP contribution < -0.4 is 0 Å². The number of hydrogen-bond acceptors (Lipinski definition) is 3. The van der Waals surface area contributed by atoms with Gasteiger partial charge in [0.15, 0.2) is 0 Å². The van der Waals surface area contributed by atoms with E-state index >= 15 is 0 Å². The zero-order valence-electron chi connectivity index (χ0n) is 10.7. The molecular formula is C12H19ClN2O2S. The Labute approximate surface area is 114 Å². The fraction of sp³-hybridized carbons (Fsp3) is 0.583.